The van der Waals surface area contributed by atoms with Crippen LogP contribution in [-0.2, 0) is 0 Å². The molecule has 1 unspecified atom stereocenters. The van der Waals surface area contributed by atoms with Crippen LogP contribution >= 0.6 is 0 Å². The number of ketones is 1. The van der Waals surface area contributed by atoms with Crippen LogP contribution in [0.1, 0.15) is 50.9 Å². The maximum atomic E-state index is 13.1. The maximum absolute atomic E-state index is 13.1. The molecule has 0 heterocycles. The van der Waals surface area contributed by atoms with Crippen molar-refractivity contribution in [2.75, 3.05) is 0 Å². The normalized spacial score (nSPS) is 14.0. The summed E-state index contributed by atoms with van der Waals surface area (Å²) in [7, 11) is 0. The first kappa shape index (κ1) is 19.5. The Morgan fingerprint density at radius 1 is 1.17 bits per heavy atom. The summed E-state index contributed by atoms with van der Waals surface area (Å²) in [5.41, 5.74) is -0.0770. The summed E-state index contributed by atoms with van der Waals surface area (Å²) in [5.74, 6) is -0.889. The minimum Gasteiger partial charge on any atom is -0.428 e. The zero-order valence-electron chi connectivity index (χ0n) is 13.7. The van der Waals surface area contributed by atoms with E-state index in [1.54, 1.807) is 0 Å². The molecule has 0 aromatic heterocycles. The van der Waals surface area contributed by atoms with Crippen LogP contribution in [0.3, 0.4) is 0 Å². The lowest BCUT2D eigenvalue weighted by Crippen LogP contribution is -2.34. The van der Waals surface area contributed by atoms with E-state index < -0.39 is 24.1 Å². The van der Waals surface area contributed by atoms with E-state index in [4.69, 9.17) is 0 Å². The molecule has 130 valence electrons. The van der Waals surface area contributed by atoms with Crippen LogP contribution in [0.25, 0.3) is 0 Å². The molecule has 1 aromatic rings. The van der Waals surface area contributed by atoms with Crippen LogP contribution in [0.4, 0.5) is 17.6 Å². The number of rotatable bonds is 7. The van der Waals surface area contributed by atoms with Crippen LogP contribution in [0.5, 0.6) is 5.75 Å². The fraction of sp³-hybridized carbons (Fsp3) is 0.588. The second kappa shape index (κ2) is 7.32. The third kappa shape index (κ3) is 6.20. The van der Waals surface area contributed by atoms with E-state index in [0.717, 1.165) is 12.5 Å². The molecule has 0 amide bonds. The molecule has 6 heteroatoms. The number of benzene rings is 1. The number of para-hydroxylation sites is 1. The van der Waals surface area contributed by atoms with Crippen LogP contribution in [0.15, 0.2) is 24.3 Å². The Kier molecular flexibility index (Phi) is 6.19. The van der Waals surface area contributed by atoms with Gasteiger partial charge in [0.1, 0.15) is 5.75 Å². The maximum Gasteiger partial charge on any atom is 0.461 e. The molecule has 2 nitrogen and oxygen atoms in total. The van der Waals surface area contributed by atoms with Gasteiger partial charge in [0.15, 0.2) is 5.78 Å². The lowest BCUT2D eigenvalue weighted by Gasteiger charge is -2.23. The number of ether oxygens (including phenoxy) is 1. The molecule has 1 rings (SSSR count). The van der Waals surface area contributed by atoms with Crippen molar-refractivity contribution >= 4 is 5.78 Å². The Bertz CT molecular complexity index is 536. The molecule has 23 heavy (non-hydrogen) atoms. The highest BCUT2D eigenvalue weighted by molar-refractivity contribution is 5.98. The molecular formula is C17H22F4O2. The quantitative estimate of drug-likeness (QED) is 0.481. The number of halogens is 4. The van der Waals surface area contributed by atoms with Gasteiger partial charge in [-0.2, -0.15) is 17.6 Å². The molecule has 0 saturated heterocycles. The third-order valence-corrected chi connectivity index (χ3v) is 3.18. The molecule has 0 spiro atoms. The van der Waals surface area contributed by atoms with Crippen molar-refractivity contribution < 1.29 is 27.1 Å². The average Bonchev–Trinajstić information content (AvgIpc) is 2.36. The molecule has 1 atom stereocenters. The molecule has 0 aliphatic carbocycles. The zero-order chi connectivity index (χ0) is 17.8. The van der Waals surface area contributed by atoms with Gasteiger partial charge in [-0.25, -0.2) is 0 Å². The standard InChI is InChI=1S/C17H22F4O2/c1-11(10-16(2,3)4)9-13(22)12-7-5-6-8-14(12)23-17(20,21)15(18)19/h5-8,11,15H,9-10H2,1-4H3. The van der Waals surface area contributed by atoms with Gasteiger partial charge in [0, 0.05) is 6.42 Å². The van der Waals surface area contributed by atoms with Crippen molar-refractivity contribution in [2.24, 2.45) is 11.3 Å². The third-order valence-electron chi connectivity index (χ3n) is 3.18. The highest BCUT2D eigenvalue weighted by Crippen LogP contribution is 2.32. The van der Waals surface area contributed by atoms with Gasteiger partial charge in [-0.3, -0.25) is 4.79 Å². The predicted octanol–water partition coefficient (Wildman–Crippen LogP) is 5.57. The van der Waals surface area contributed by atoms with Gasteiger partial charge in [0.05, 0.1) is 5.56 Å². The number of Topliss-reactive ketones (excluding diaryl/α,β-unsaturated/α-hetero) is 1. The highest BCUT2D eigenvalue weighted by Gasteiger charge is 2.44. The summed E-state index contributed by atoms with van der Waals surface area (Å²) >= 11 is 0. The van der Waals surface area contributed by atoms with Gasteiger partial charge in [-0.1, -0.05) is 39.8 Å². The number of alkyl halides is 4. The average molecular weight is 334 g/mol. The van der Waals surface area contributed by atoms with Gasteiger partial charge < -0.3 is 4.74 Å². The lowest BCUT2D eigenvalue weighted by molar-refractivity contribution is -0.253. The largest absolute Gasteiger partial charge is 0.461 e. The van der Waals surface area contributed by atoms with Crippen LogP contribution in [-0.4, -0.2) is 18.3 Å². The van der Waals surface area contributed by atoms with E-state index in [1.807, 2.05) is 27.7 Å². The van der Waals surface area contributed by atoms with Crippen molar-refractivity contribution in [3.05, 3.63) is 29.8 Å². The minimum absolute atomic E-state index is 0.0262. The predicted molar refractivity (Wildman–Crippen MR) is 80.2 cm³/mol. The number of hydrogen-bond acceptors (Lipinski definition) is 2. The molecule has 0 aliphatic rings. The highest BCUT2D eigenvalue weighted by atomic mass is 19.3. The molecule has 0 saturated carbocycles. The minimum atomic E-state index is -4.63. The second-order valence-electron chi connectivity index (χ2n) is 6.96. The van der Waals surface area contributed by atoms with E-state index in [1.165, 1.54) is 18.2 Å². The van der Waals surface area contributed by atoms with Gasteiger partial charge in [0.25, 0.3) is 0 Å². The summed E-state index contributed by atoms with van der Waals surface area (Å²) < 4.78 is 54.8. The number of carbonyl (C=O) groups is 1. The molecule has 0 N–H and O–H groups in total. The molecular weight excluding hydrogens is 312 g/mol. The number of carbonyl (C=O) groups excluding carboxylic acids is 1. The lowest BCUT2D eigenvalue weighted by atomic mass is 9.83. The number of hydrogen-bond donors (Lipinski definition) is 0. The smallest absolute Gasteiger partial charge is 0.428 e. The first-order valence-corrected chi connectivity index (χ1v) is 7.39. The van der Waals surface area contributed by atoms with Crippen molar-refractivity contribution in [3.63, 3.8) is 0 Å². The Balaban J connectivity index is 2.90. The van der Waals surface area contributed by atoms with Crippen molar-refractivity contribution in [3.8, 4) is 5.75 Å². The fourth-order valence-electron chi connectivity index (χ4n) is 2.52. The van der Waals surface area contributed by atoms with Crippen molar-refractivity contribution in [1.82, 2.24) is 0 Å². The topological polar surface area (TPSA) is 26.3 Å². The monoisotopic (exact) mass is 334 g/mol. The van der Waals surface area contributed by atoms with Gasteiger partial charge in [-0.05, 0) is 29.9 Å². The van der Waals surface area contributed by atoms with E-state index >= 15 is 0 Å². The summed E-state index contributed by atoms with van der Waals surface area (Å²) in [6, 6.07) is 5.24. The Hall–Kier alpha value is -1.59. The van der Waals surface area contributed by atoms with E-state index in [2.05, 4.69) is 4.74 Å². The van der Waals surface area contributed by atoms with E-state index in [9.17, 15) is 22.4 Å². The second-order valence-corrected chi connectivity index (χ2v) is 6.96. The van der Waals surface area contributed by atoms with Crippen molar-refractivity contribution in [2.45, 2.75) is 53.1 Å². The summed E-state index contributed by atoms with van der Waals surface area (Å²) in [6.45, 7) is 8.00. The van der Waals surface area contributed by atoms with E-state index in [0.29, 0.717) is 0 Å². The molecule has 0 bridgehead atoms. The SMILES string of the molecule is CC(CC(=O)c1ccccc1OC(F)(F)C(F)F)CC(C)(C)C. The van der Waals surface area contributed by atoms with E-state index in [-0.39, 0.29) is 23.3 Å². The molecule has 0 aliphatic heterocycles. The molecule has 1 aromatic carbocycles. The van der Waals surface area contributed by atoms with Gasteiger partial charge in [0.2, 0.25) is 0 Å². The van der Waals surface area contributed by atoms with Crippen LogP contribution in [0.2, 0.25) is 0 Å². The zero-order valence-corrected chi connectivity index (χ0v) is 13.7. The summed E-state index contributed by atoms with van der Waals surface area (Å²) in [5, 5.41) is 0. The Labute approximate surface area is 133 Å². The fourth-order valence-corrected chi connectivity index (χ4v) is 2.52. The summed E-state index contributed by atoms with van der Waals surface area (Å²) in [4.78, 5) is 12.3. The first-order valence-electron chi connectivity index (χ1n) is 7.39. The Morgan fingerprint density at radius 2 is 1.74 bits per heavy atom. The first-order chi connectivity index (χ1) is 10.4. The van der Waals surface area contributed by atoms with Crippen LogP contribution < -0.4 is 4.74 Å². The van der Waals surface area contributed by atoms with Gasteiger partial charge in [-0.15, -0.1) is 0 Å². The molecule has 0 radical (unpaired) electrons. The summed E-state index contributed by atoms with van der Waals surface area (Å²) in [6.07, 6.45) is -7.69. The molecule has 0 fully saturated rings. The van der Waals surface area contributed by atoms with Crippen molar-refractivity contribution in [1.29, 1.82) is 0 Å². The van der Waals surface area contributed by atoms with Crippen LogP contribution in [0, 0.1) is 11.3 Å². The Morgan fingerprint density at radius 3 is 2.26 bits per heavy atom. The van der Waals surface area contributed by atoms with Gasteiger partial charge >= 0.3 is 12.5 Å².